The van der Waals surface area contributed by atoms with Crippen LogP contribution in [0.15, 0.2) is 54.6 Å². The number of carbonyl (C=O) groups is 1. The Morgan fingerprint density at radius 2 is 1.91 bits per heavy atom. The Balaban J connectivity index is 1.82. The lowest BCUT2D eigenvalue weighted by Gasteiger charge is -2.11. The predicted molar refractivity (Wildman–Crippen MR) is 84.5 cm³/mol. The first-order valence-corrected chi connectivity index (χ1v) is 6.91. The second kappa shape index (κ2) is 6.26. The zero-order chi connectivity index (χ0) is 15.4. The summed E-state index contributed by atoms with van der Waals surface area (Å²) in [6.45, 7) is 0.309. The van der Waals surface area contributed by atoms with Gasteiger partial charge in [-0.1, -0.05) is 24.3 Å². The fourth-order valence-electron chi connectivity index (χ4n) is 2.22. The van der Waals surface area contributed by atoms with Crippen molar-refractivity contribution in [1.82, 2.24) is 4.98 Å². The molecule has 0 aliphatic carbocycles. The highest BCUT2D eigenvalue weighted by Crippen LogP contribution is 2.28. The average molecular weight is 293 g/mol. The summed E-state index contributed by atoms with van der Waals surface area (Å²) in [5.74, 6) is 1.12. The summed E-state index contributed by atoms with van der Waals surface area (Å²) in [6, 6.07) is 16.9. The first kappa shape index (κ1) is 14.1. The minimum atomic E-state index is 0.309. The summed E-state index contributed by atoms with van der Waals surface area (Å²) in [5.41, 5.74) is 2.29. The lowest BCUT2D eigenvalue weighted by Crippen LogP contribution is -2.00. The van der Waals surface area contributed by atoms with Gasteiger partial charge in [-0.15, -0.1) is 0 Å². The zero-order valence-corrected chi connectivity index (χ0v) is 12.2. The van der Waals surface area contributed by atoms with Crippen LogP contribution in [-0.4, -0.2) is 18.4 Å². The Kier molecular flexibility index (Phi) is 4.01. The smallest absolute Gasteiger partial charge is 0.162 e. The standard InChI is InChI=1S/C18H15NO3/c1-21-17-9-6-13(11-20)10-18(17)22-12-15-8-7-14-4-2-3-5-16(14)19-15/h2-11H,12H2,1H3. The van der Waals surface area contributed by atoms with E-state index in [9.17, 15) is 4.79 Å². The van der Waals surface area contributed by atoms with Gasteiger partial charge in [0.25, 0.3) is 0 Å². The number of aldehydes is 1. The monoisotopic (exact) mass is 293 g/mol. The normalized spacial score (nSPS) is 10.4. The van der Waals surface area contributed by atoms with E-state index in [0.29, 0.717) is 23.7 Å². The second-order valence-electron chi connectivity index (χ2n) is 4.81. The Labute approximate surface area is 128 Å². The van der Waals surface area contributed by atoms with E-state index in [1.165, 1.54) is 0 Å². The predicted octanol–water partition coefficient (Wildman–Crippen LogP) is 3.63. The van der Waals surface area contributed by atoms with Crippen LogP contribution in [0, 0.1) is 0 Å². The van der Waals surface area contributed by atoms with Crippen LogP contribution in [0.1, 0.15) is 16.1 Å². The molecule has 0 atom stereocenters. The summed E-state index contributed by atoms with van der Waals surface area (Å²) in [4.78, 5) is 15.4. The molecule has 0 saturated heterocycles. The Hall–Kier alpha value is -2.88. The van der Waals surface area contributed by atoms with Gasteiger partial charge in [-0.25, -0.2) is 4.98 Å². The van der Waals surface area contributed by atoms with Gasteiger partial charge >= 0.3 is 0 Å². The number of hydrogen-bond acceptors (Lipinski definition) is 4. The van der Waals surface area contributed by atoms with E-state index in [1.807, 2.05) is 36.4 Å². The molecule has 0 N–H and O–H groups in total. The number of hydrogen-bond donors (Lipinski definition) is 0. The molecule has 0 saturated carbocycles. The van der Waals surface area contributed by atoms with Gasteiger partial charge in [0.15, 0.2) is 11.5 Å². The molecule has 0 unspecified atom stereocenters. The molecule has 4 heteroatoms. The van der Waals surface area contributed by atoms with Crippen molar-refractivity contribution in [3.8, 4) is 11.5 Å². The summed E-state index contributed by atoms with van der Waals surface area (Å²) >= 11 is 0. The van der Waals surface area contributed by atoms with Crippen molar-refractivity contribution < 1.29 is 14.3 Å². The van der Waals surface area contributed by atoms with E-state index in [1.54, 1.807) is 25.3 Å². The molecule has 110 valence electrons. The summed E-state index contributed by atoms with van der Waals surface area (Å²) < 4.78 is 11.0. The van der Waals surface area contributed by atoms with Gasteiger partial charge in [0.05, 0.1) is 18.3 Å². The molecule has 1 heterocycles. The van der Waals surface area contributed by atoms with Gasteiger partial charge in [0.1, 0.15) is 12.9 Å². The van der Waals surface area contributed by atoms with Gasteiger partial charge in [-0.3, -0.25) is 4.79 Å². The number of methoxy groups -OCH3 is 1. The van der Waals surface area contributed by atoms with E-state index < -0.39 is 0 Å². The zero-order valence-electron chi connectivity index (χ0n) is 12.2. The van der Waals surface area contributed by atoms with E-state index in [2.05, 4.69) is 4.98 Å². The highest BCUT2D eigenvalue weighted by molar-refractivity contribution is 5.78. The number of rotatable bonds is 5. The van der Waals surface area contributed by atoms with Crippen LogP contribution in [0.3, 0.4) is 0 Å². The molecule has 0 fully saturated rings. The number of para-hydroxylation sites is 1. The third kappa shape index (κ3) is 2.91. The van der Waals surface area contributed by atoms with Crippen LogP contribution in [0.25, 0.3) is 10.9 Å². The first-order chi connectivity index (χ1) is 10.8. The number of benzene rings is 2. The van der Waals surface area contributed by atoms with E-state index in [-0.39, 0.29) is 0 Å². The molecule has 3 aromatic rings. The molecule has 1 aromatic heterocycles. The van der Waals surface area contributed by atoms with E-state index >= 15 is 0 Å². The Morgan fingerprint density at radius 3 is 2.73 bits per heavy atom. The topological polar surface area (TPSA) is 48.4 Å². The molecule has 2 aromatic carbocycles. The second-order valence-corrected chi connectivity index (χ2v) is 4.81. The van der Waals surface area contributed by atoms with Crippen molar-refractivity contribution >= 4 is 17.2 Å². The van der Waals surface area contributed by atoms with Gasteiger partial charge in [0, 0.05) is 10.9 Å². The molecule has 3 rings (SSSR count). The van der Waals surface area contributed by atoms with Crippen LogP contribution in [0.2, 0.25) is 0 Å². The third-order valence-corrected chi connectivity index (χ3v) is 3.36. The largest absolute Gasteiger partial charge is 0.493 e. The molecule has 0 radical (unpaired) electrons. The fourth-order valence-corrected chi connectivity index (χ4v) is 2.22. The quantitative estimate of drug-likeness (QED) is 0.674. The van der Waals surface area contributed by atoms with Crippen molar-refractivity contribution in [3.05, 3.63) is 65.9 Å². The Morgan fingerprint density at radius 1 is 1.05 bits per heavy atom. The van der Waals surface area contributed by atoms with Gasteiger partial charge in [-0.2, -0.15) is 0 Å². The summed E-state index contributed by atoms with van der Waals surface area (Å²) in [5, 5.41) is 1.09. The maximum absolute atomic E-state index is 10.9. The van der Waals surface area contributed by atoms with Crippen molar-refractivity contribution in [2.45, 2.75) is 6.61 Å². The SMILES string of the molecule is COc1ccc(C=O)cc1OCc1ccc2ccccc2n1. The molecule has 0 aliphatic rings. The molecular formula is C18H15NO3. The van der Waals surface area contributed by atoms with Crippen molar-refractivity contribution in [3.63, 3.8) is 0 Å². The fraction of sp³-hybridized carbons (Fsp3) is 0.111. The molecule has 22 heavy (non-hydrogen) atoms. The van der Waals surface area contributed by atoms with Crippen molar-refractivity contribution in [2.24, 2.45) is 0 Å². The minimum absolute atomic E-state index is 0.309. The lowest BCUT2D eigenvalue weighted by molar-refractivity contribution is 0.112. The number of carbonyl (C=O) groups excluding carboxylic acids is 1. The van der Waals surface area contributed by atoms with Crippen LogP contribution < -0.4 is 9.47 Å². The molecule has 4 nitrogen and oxygen atoms in total. The maximum atomic E-state index is 10.9. The summed E-state index contributed by atoms with van der Waals surface area (Å²) in [7, 11) is 1.57. The van der Waals surface area contributed by atoms with Gasteiger partial charge in [-0.05, 0) is 30.3 Å². The molecular weight excluding hydrogens is 278 g/mol. The summed E-state index contributed by atoms with van der Waals surface area (Å²) in [6.07, 6.45) is 0.778. The third-order valence-electron chi connectivity index (χ3n) is 3.36. The maximum Gasteiger partial charge on any atom is 0.162 e. The number of aromatic nitrogens is 1. The van der Waals surface area contributed by atoms with Gasteiger partial charge in [0.2, 0.25) is 0 Å². The number of ether oxygens (including phenoxy) is 2. The highest BCUT2D eigenvalue weighted by atomic mass is 16.5. The van der Waals surface area contributed by atoms with Crippen molar-refractivity contribution in [2.75, 3.05) is 7.11 Å². The highest BCUT2D eigenvalue weighted by Gasteiger charge is 2.07. The Bertz CT molecular complexity index is 814. The van der Waals surface area contributed by atoms with Crippen LogP contribution in [0.4, 0.5) is 0 Å². The van der Waals surface area contributed by atoms with Crippen LogP contribution in [0.5, 0.6) is 11.5 Å². The van der Waals surface area contributed by atoms with Crippen LogP contribution >= 0.6 is 0 Å². The van der Waals surface area contributed by atoms with Gasteiger partial charge < -0.3 is 9.47 Å². The average Bonchev–Trinajstić information content (AvgIpc) is 2.59. The lowest BCUT2D eigenvalue weighted by atomic mass is 10.2. The minimum Gasteiger partial charge on any atom is -0.493 e. The van der Waals surface area contributed by atoms with E-state index in [4.69, 9.17) is 9.47 Å². The molecule has 0 aliphatic heterocycles. The number of fused-ring (bicyclic) bond motifs is 1. The number of pyridine rings is 1. The molecule has 0 spiro atoms. The molecule has 0 bridgehead atoms. The van der Waals surface area contributed by atoms with Crippen LogP contribution in [-0.2, 0) is 6.61 Å². The number of nitrogens with zero attached hydrogens (tertiary/aromatic N) is 1. The first-order valence-electron chi connectivity index (χ1n) is 6.91. The van der Waals surface area contributed by atoms with Crippen molar-refractivity contribution in [1.29, 1.82) is 0 Å². The molecule has 0 amide bonds. The van der Waals surface area contributed by atoms with E-state index in [0.717, 1.165) is 22.9 Å².